The lowest BCUT2D eigenvalue weighted by molar-refractivity contribution is 0.102. The topological polar surface area (TPSA) is 66.5 Å². The van der Waals surface area contributed by atoms with Crippen molar-refractivity contribution in [1.29, 1.82) is 0 Å². The Kier molecular flexibility index (Phi) is 5.49. The monoisotopic (exact) mass is 444 g/mol. The molecule has 0 saturated heterocycles. The number of rotatable bonds is 4. The van der Waals surface area contributed by atoms with Gasteiger partial charge < -0.3 is 5.32 Å². The molecule has 4 rings (SSSR count). The van der Waals surface area contributed by atoms with Gasteiger partial charge in [-0.3, -0.25) is 9.10 Å². The molecule has 0 aliphatic carbocycles. The lowest BCUT2D eigenvalue weighted by atomic mass is 10.0. The lowest BCUT2D eigenvalue weighted by Gasteiger charge is -2.31. The largest absolute Gasteiger partial charge is 0.322 e. The molecule has 1 N–H and O–H groups in total. The minimum Gasteiger partial charge on any atom is -0.322 e. The zero-order valence-corrected chi connectivity index (χ0v) is 17.4. The molecule has 30 heavy (non-hydrogen) atoms. The zero-order valence-electron chi connectivity index (χ0n) is 15.8. The van der Waals surface area contributed by atoms with Gasteiger partial charge in [0.05, 0.1) is 21.2 Å². The number of hydrogen-bond donors (Lipinski definition) is 1. The smallest absolute Gasteiger partial charge is 0.264 e. The average molecular weight is 445 g/mol. The van der Waals surface area contributed by atoms with Crippen LogP contribution in [0.5, 0.6) is 0 Å². The van der Waals surface area contributed by atoms with E-state index in [0.717, 1.165) is 17.7 Å². The molecule has 3 aromatic carbocycles. The van der Waals surface area contributed by atoms with E-state index in [0.29, 0.717) is 41.3 Å². The Morgan fingerprint density at radius 3 is 2.50 bits per heavy atom. The molecule has 0 aromatic heterocycles. The normalized spacial score (nSPS) is 13.6. The highest BCUT2D eigenvalue weighted by Gasteiger charge is 2.29. The second kappa shape index (κ2) is 8.08. The van der Waals surface area contributed by atoms with Crippen LogP contribution in [-0.2, 0) is 16.4 Å². The number of nitrogens with zero attached hydrogens (tertiary/aromatic N) is 1. The molecule has 0 bridgehead atoms. The fraction of sp³-hybridized carbons (Fsp3) is 0.136. The van der Waals surface area contributed by atoms with Crippen LogP contribution in [0.2, 0.25) is 5.02 Å². The maximum Gasteiger partial charge on any atom is 0.264 e. The molecule has 5 nitrogen and oxygen atoms in total. The van der Waals surface area contributed by atoms with Gasteiger partial charge in [0.2, 0.25) is 0 Å². The third-order valence-electron chi connectivity index (χ3n) is 4.93. The molecule has 1 aliphatic rings. The van der Waals surface area contributed by atoms with E-state index in [2.05, 4.69) is 5.32 Å². The van der Waals surface area contributed by atoms with Gasteiger partial charge in [-0.15, -0.1) is 0 Å². The summed E-state index contributed by atoms with van der Waals surface area (Å²) in [5, 5.41) is 3.16. The van der Waals surface area contributed by atoms with Crippen molar-refractivity contribution in [2.24, 2.45) is 0 Å². The van der Waals surface area contributed by atoms with E-state index in [1.165, 1.54) is 16.4 Å². The quantitative estimate of drug-likeness (QED) is 0.624. The molecule has 0 radical (unpaired) electrons. The number of aryl methyl sites for hydroxylation is 1. The highest BCUT2D eigenvalue weighted by atomic mass is 35.5. The first-order valence-electron chi connectivity index (χ1n) is 9.33. The maximum absolute atomic E-state index is 13.2. The maximum atomic E-state index is 13.2. The van der Waals surface area contributed by atoms with Crippen molar-refractivity contribution in [3.63, 3.8) is 0 Å². The number of anilines is 2. The number of amides is 1. The molecule has 3 aromatic rings. The van der Waals surface area contributed by atoms with Gasteiger partial charge in [-0.25, -0.2) is 12.8 Å². The van der Waals surface area contributed by atoms with Crippen LogP contribution in [0.1, 0.15) is 22.3 Å². The van der Waals surface area contributed by atoms with Crippen LogP contribution in [0.3, 0.4) is 0 Å². The van der Waals surface area contributed by atoms with Gasteiger partial charge in [0.1, 0.15) is 5.82 Å². The van der Waals surface area contributed by atoms with Crippen LogP contribution in [0.25, 0.3) is 0 Å². The van der Waals surface area contributed by atoms with Gasteiger partial charge in [-0.1, -0.05) is 23.7 Å². The molecule has 154 valence electrons. The summed E-state index contributed by atoms with van der Waals surface area (Å²) in [6.45, 7) is 0.331. The van der Waals surface area contributed by atoms with Crippen molar-refractivity contribution in [3.8, 4) is 0 Å². The second-order valence-corrected chi connectivity index (χ2v) is 9.18. The van der Waals surface area contributed by atoms with Gasteiger partial charge >= 0.3 is 0 Å². The number of nitrogens with one attached hydrogen (secondary N) is 1. The van der Waals surface area contributed by atoms with Gasteiger partial charge in [0, 0.05) is 12.2 Å². The van der Waals surface area contributed by atoms with Crippen molar-refractivity contribution in [1.82, 2.24) is 0 Å². The zero-order chi connectivity index (χ0) is 21.3. The van der Waals surface area contributed by atoms with E-state index in [4.69, 9.17) is 11.6 Å². The predicted molar refractivity (Wildman–Crippen MR) is 115 cm³/mol. The third kappa shape index (κ3) is 3.91. The predicted octanol–water partition coefficient (Wildman–Crippen LogP) is 4.87. The van der Waals surface area contributed by atoms with Crippen LogP contribution in [0.15, 0.2) is 71.6 Å². The Morgan fingerprint density at radius 1 is 1.03 bits per heavy atom. The first-order valence-corrected chi connectivity index (χ1v) is 11.2. The van der Waals surface area contributed by atoms with Crippen molar-refractivity contribution >= 4 is 38.9 Å². The van der Waals surface area contributed by atoms with Crippen molar-refractivity contribution in [3.05, 3.63) is 88.7 Å². The molecule has 0 spiro atoms. The fourth-order valence-electron chi connectivity index (χ4n) is 3.47. The van der Waals surface area contributed by atoms with Crippen molar-refractivity contribution in [2.45, 2.75) is 17.7 Å². The number of carbonyl (C=O) groups excluding carboxylic acids is 1. The van der Waals surface area contributed by atoms with Gasteiger partial charge in [0.25, 0.3) is 15.9 Å². The number of fused-ring (bicyclic) bond motifs is 1. The Balaban J connectivity index is 1.62. The minimum absolute atomic E-state index is 0.0350. The van der Waals surface area contributed by atoms with Crippen LogP contribution in [0.4, 0.5) is 15.8 Å². The molecule has 1 heterocycles. The molecular weight excluding hydrogens is 427 g/mol. The summed E-state index contributed by atoms with van der Waals surface area (Å²) in [5.74, 6) is -0.834. The van der Waals surface area contributed by atoms with Gasteiger partial charge in [-0.2, -0.15) is 0 Å². The van der Waals surface area contributed by atoms with Gasteiger partial charge in [-0.05, 0) is 73.0 Å². The third-order valence-corrected chi connectivity index (χ3v) is 7.09. The summed E-state index contributed by atoms with van der Waals surface area (Å²) in [6.07, 6.45) is 1.32. The molecule has 0 fully saturated rings. The number of benzene rings is 3. The fourth-order valence-corrected chi connectivity index (χ4v) is 5.23. The Hall–Kier alpha value is -2.90. The summed E-state index contributed by atoms with van der Waals surface area (Å²) in [5.41, 5.74) is 2.28. The Morgan fingerprint density at radius 2 is 1.77 bits per heavy atom. The summed E-state index contributed by atoms with van der Waals surface area (Å²) in [6, 6.07) is 16.6. The first kappa shape index (κ1) is 20.4. The van der Waals surface area contributed by atoms with Crippen molar-refractivity contribution < 1.29 is 17.6 Å². The number of sulfonamides is 1. The molecular formula is C22H18ClFN2O3S. The van der Waals surface area contributed by atoms with Gasteiger partial charge in [0.15, 0.2) is 0 Å². The Labute approximate surface area is 179 Å². The number of hydrogen-bond acceptors (Lipinski definition) is 3. The number of halogens is 2. The van der Waals surface area contributed by atoms with Crippen molar-refractivity contribution in [2.75, 3.05) is 16.2 Å². The van der Waals surface area contributed by atoms with Crippen LogP contribution < -0.4 is 9.62 Å². The van der Waals surface area contributed by atoms with Crippen LogP contribution in [-0.4, -0.2) is 20.9 Å². The van der Waals surface area contributed by atoms with E-state index in [1.807, 2.05) is 0 Å². The van der Waals surface area contributed by atoms with E-state index < -0.39 is 15.8 Å². The summed E-state index contributed by atoms with van der Waals surface area (Å²) in [7, 11) is -3.81. The molecule has 0 saturated carbocycles. The molecule has 0 atom stereocenters. The summed E-state index contributed by atoms with van der Waals surface area (Å²) >= 11 is 6.08. The lowest BCUT2D eigenvalue weighted by Crippen LogP contribution is -2.35. The number of carbonyl (C=O) groups is 1. The summed E-state index contributed by atoms with van der Waals surface area (Å²) < 4.78 is 40.7. The van der Waals surface area contributed by atoms with E-state index in [1.54, 1.807) is 42.5 Å². The second-order valence-electron chi connectivity index (χ2n) is 6.91. The van der Waals surface area contributed by atoms with E-state index in [9.17, 15) is 17.6 Å². The Bertz CT molecular complexity index is 1210. The highest BCUT2D eigenvalue weighted by Crippen LogP contribution is 2.34. The van der Waals surface area contributed by atoms with E-state index in [-0.39, 0.29) is 10.8 Å². The van der Waals surface area contributed by atoms with Crippen LogP contribution in [0, 0.1) is 5.82 Å². The molecule has 1 amide bonds. The van der Waals surface area contributed by atoms with Crippen LogP contribution >= 0.6 is 11.6 Å². The summed E-state index contributed by atoms with van der Waals surface area (Å²) in [4.78, 5) is 12.5. The standard InChI is InChI=1S/C22H18ClFN2O3S/c23-20-6-2-1-5-19(20)22(27)25-17-9-12-21-15(14-17)4-3-13-26(21)30(28,29)18-10-7-16(24)8-11-18/h1-2,5-12,14H,3-4,13H2,(H,25,27). The molecule has 8 heteroatoms. The molecule has 0 unspecified atom stereocenters. The van der Waals surface area contributed by atoms with E-state index >= 15 is 0 Å². The average Bonchev–Trinajstić information content (AvgIpc) is 2.73. The minimum atomic E-state index is -3.81. The first-order chi connectivity index (χ1) is 14.4. The SMILES string of the molecule is O=C(Nc1ccc2c(c1)CCCN2S(=O)(=O)c1ccc(F)cc1)c1ccccc1Cl. The molecule has 1 aliphatic heterocycles. The highest BCUT2D eigenvalue weighted by molar-refractivity contribution is 7.92.